The molecule has 0 saturated carbocycles. The van der Waals surface area contributed by atoms with Crippen LogP contribution >= 0.6 is 0 Å². The van der Waals surface area contributed by atoms with Gasteiger partial charge in [0.2, 0.25) is 0 Å². The smallest absolute Gasteiger partial charge is 0.265 e. The largest absolute Gasteiger partial charge is 0.351 e. The zero-order chi connectivity index (χ0) is 19.8. The number of nitrogens with zero attached hydrogens (tertiary/aromatic N) is 6. The third kappa shape index (κ3) is 3.41. The topological polar surface area (TPSA) is 59.2 Å². The van der Waals surface area contributed by atoms with Crippen molar-refractivity contribution in [2.45, 2.75) is 18.8 Å². The Morgan fingerprint density at radius 3 is 2.52 bits per heavy atom. The van der Waals surface area contributed by atoms with Crippen LogP contribution in [0.3, 0.4) is 0 Å². The number of hydrogen-bond acceptors (Lipinski definition) is 5. The van der Waals surface area contributed by atoms with Crippen LogP contribution in [0.15, 0.2) is 61.2 Å². The van der Waals surface area contributed by atoms with Gasteiger partial charge in [-0.05, 0) is 42.8 Å². The molecule has 146 valence electrons. The SMILES string of the molecule is FC1(F)CCCN(c2ccc(-c3cnc4ccc(-c5ccncc5)nn34)cn2)C1. The van der Waals surface area contributed by atoms with E-state index < -0.39 is 5.92 Å². The monoisotopic (exact) mass is 392 g/mol. The summed E-state index contributed by atoms with van der Waals surface area (Å²) in [6, 6.07) is 11.3. The first-order valence-corrected chi connectivity index (χ1v) is 9.43. The van der Waals surface area contributed by atoms with Crippen LogP contribution in [0.4, 0.5) is 14.6 Å². The van der Waals surface area contributed by atoms with Gasteiger partial charge < -0.3 is 4.90 Å². The van der Waals surface area contributed by atoms with Crippen molar-refractivity contribution >= 4 is 11.5 Å². The second-order valence-electron chi connectivity index (χ2n) is 7.15. The third-order valence-electron chi connectivity index (χ3n) is 5.10. The summed E-state index contributed by atoms with van der Waals surface area (Å²) in [4.78, 5) is 14.5. The molecule has 6 nitrogen and oxygen atoms in total. The molecule has 1 aliphatic rings. The number of anilines is 1. The molecule has 0 aromatic carbocycles. The van der Waals surface area contributed by atoms with E-state index in [0.717, 1.165) is 28.2 Å². The number of piperidine rings is 1. The van der Waals surface area contributed by atoms with Gasteiger partial charge in [0, 0.05) is 42.7 Å². The van der Waals surface area contributed by atoms with E-state index in [0.29, 0.717) is 18.8 Å². The second kappa shape index (κ2) is 6.88. The molecule has 1 fully saturated rings. The first-order chi connectivity index (χ1) is 14.1. The number of alkyl halides is 2. The molecule has 0 radical (unpaired) electrons. The van der Waals surface area contributed by atoms with Crippen LogP contribution < -0.4 is 4.90 Å². The Bertz CT molecular complexity index is 1140. The normalized spacial score (nSPS) is 16.3. The van der Waals surface area contributed by atoms with E-state index >= 15 is 0 Å². The Morgan fingerprint density at radius 2 is 1.76 bits per heavy atom. The maximum Gasteiger partial charge on any atom is 0.265 e. The van der Waals surface area contributed by atoms with Crippen LogP contribution in [0.5, 0.6) is 0 Å². The van der Waals surface area contributed by atoms with Crippen molar-refractivity contribution in [2.75, 3.05) is 18.0 Å². The van der Waals surface area contributed by atoms with Crippen molar-refractivity contribution in [3.63, 3.8) is 0 Å². The predicted octanol–water partition coefficient (Wildman–Crippen LogP) is 4.09. The summed E-state index contributed by atoms with van der Waals surface area (Å²) in [7, 11) is 0. The number of halogens is 2. The molecule has 5 rings (SSSR count). The molecule has 0 N–H and O–H groups in total. The van der Waals surface area contributed by atoms with Crippen LogP contribution in [0, 0.1) is 0 Å². The van der Waals surface area contributed by atoms with E-state index in [9.17, 15) is 8.78 Å². The number of pyridine rings is 2. The van der Waals surface area contributed by atoms with Crippen LogP contribution in [0.25, 0.3) is 28.2 Å². The van der Waals surface area contributed by atoms with Crippen molar-refractivity contribution in [3.05, 3.63) is 61.2 Å². The van der Waals surface area contributed by atoms with E-state index in [2.05, 4.69) is 15.0 Å². The fourth-order valence-electron chi connectivity index (χ4n) is 3.63. The minimum absolute atomic E-state index is 0.0606. The standard InChI is InChI=1S/C21H18F2N6/c22-21(23)8-1-11-28(14-21)19-4-2-16(12-25-19)18-13-26-20-5-3-17(27-29(18)20)15-6-9-24-10-7-15/h2-7,9-10,12-13H,1,8,11,14H2. The molecule has 0 spiro atoms. The lowest BCUT2D eigenvalue weighted by atomic mass is 10.1. The molecule has 4 aromatic rings. The van der Waals surface area contributed by atoms with Gasteiger partial charge in [-0.2, -0.15) is 5.10 Å². The van der Waals surface area contributed by atoms with Gasteiger partial charge in [0.05, 0.1) is 24.1 Å². The minimum atomic E-state index is -2.66. The summed E-state index contributed by atoms with van der Waals surface area (Å²) >= 11 is 0. The number of hydrogen-bond donors (Lipinski definition) is 0. The zero-order valence-corrected chi connectivity index (χ0v) is 15.5. The molecule has 5 heterocycles. The van der Waals surface area contributed by atoms with Crippen LogP contribution in [0.2, 0.25) is 0 Å². The fraction of sp³-hybridized carbons (Fsp3) is 0.238. The molecule has 0 bridgehead atoms. The average molecular weight is 392 g/mol. The van der Waals surface area contributed by atoms with E-state index in [-0.39, 0.29) is 13.0 Å². The van der Waals surface area contributed by atoms with Gasteiger partial charge in [-0.3, -0.25) is 4.98 Å². The van der Waals surface area contributed by atoms with Crippen LogP contribution in [-0.4, -0.2) is 43.6 Å². The molecular weight excluding hydrogens is 374 g/mol. The molecule has 0 amide bonds. The Labute approximate surface area is 165 Å². The summed E-state index contributed by atoms with van der Waals surface area (Å²) < 4.78 is 29.2. The Hall–Kier alpha value is -3.42. The van der Waals surface area contributed by atoms with Gasteiger partial charge in [0.15, 0.2) is 5.65 Å². The van der Waals surface area contributed by atoms with Crippen molar-refractivity contribution in [3.8, 4) is 22.5 Å². The highest BCUT2D eigenvalue weighted by Crippen LogP contribution is 2.30. The molecular formula is C21H18F2N6. The molecule has 0 unspecified atom stereocenters. The van der Waals surface area contributed by atoms with Gasteiger partial charge >= 0.3 is 0 Å². The molecule has 0 aliphatic carbocycles. The summed E-state index contributed by atoms with van der Waals surface area (Å²) in [6.07, 6.45) is 7.28. The van der Waals surface area contributed by atoms with Gasteiger partial charge in [0.25, 0.3) is 5.92 Å². The molecule has 1 aliphatic heterocycles. The van der Waals surface area contributed by atoms with Crippen LogP contribution in [0.1, 0.15) is 12.8 Å². The van der Waals surface area contributed by atoms with Gasteiger partial charge in [0.1, 0.15) is 5.82 Å². The summed E-state index contributed by atoms with van der Waals surface area (Å²) in [5.74, 6) is -2.10. The molecule has 0 atom stereocenters. The average Bonchev–Trinajstić information content (AvgIpc) is 3.17. The molecule has 1 saturated heterocycles. The lowest BCUT2D eigenvalue weighted by molar-refractivity contribution is -0.0118. The molecule has 4 aromatic heterocycles. The summed E-state index contributed by atoms with van der Waals surface area (Å²) in [5.41, 5.74) is 4.10. The highest BCUT2D eigenvalue weighted by molar-refractivity contribution is 5.66. The van der Waals surface area contributed by atoms with Gasteiger partial charge in [-0.25, -0.2) is 23.3 Å². The van der Waals surface area contributed by atoms with Gasteiger partial charge in [-0.15, -0.1) is 0 Å². The Kier molecular flexibility index (Phi) is 4.19. The quantitative estimate of drug-likeness (QED) is 0.526. The van der Waals surface area contributed by atoms with Crippen molar-refractivity contribution in [2.24, 2.45) is 0 Å². The maximum atomic E-state index is 13.7. The zero-order valence-electron chi connectivity index (χ0n) is 15.5. The van der Waals surface area contributed by atoms with Gasteiger partial charge in [-0.1, -0.05) is 0 Å². The van der Waals surface area contributed by atoms with Crippen molar-refractivity contribution in [1.82, 2.24) is 24.6 Å². The highest BCUT2D eigenvalue weighted by atomic mass is 19.3. The predicted molar refractivity (Wildman–Crippen MR) is 106 cm³/mol. The third-order valence-corrected chi connectivity index (χ3v) is 5.10. The lowest BCUT2D eigenvalue weighted by Gasteiger charge is -2.33. The van der Waals surface area contributed by atoms with E-state index in [4.69, 9.17) is 5.10 Å². The number of imidazole rings is 1. The maximum absolute atomic E-state index is 13.7. The van der Waals surface area contributed by atoms with Crippen molar-refractivity contribution in [1.29, 1.82) is 0 Å². The first kappa shape index (κ1) is 17.7. The van der Waals surface area contributed by atoms with Crippen LogP contribution in [-0.2, 0) is 0 Å². The van der Waals surface area contributed by atoms with Crippen molar-refractivity contribution < 1.29 is 8.78 Å². The molecule has 29 heavy (non-hydrogen) atoms. The minimum Gasteiger partial charge on any atom is -0.351 e. The Morgan fingerprint density at radius 1 is 0.897 bits per heavy atom. The van der Waals surface area contributed by atoms with E-state index in [1.165, 1.54) is 0 Å². The molecule has 8 heteroatoms. The summed E-state index contributed by atoms with van der Waals surface area (Å²) in [5, 5.41) is 4.70. The number of fused-ring (bicyclic) bond motifs is 1. The Balaban J connectivity index is 1.48. The fourth-order valence-corrected chi connectivity index (χ4v) is 3.63. The lowest BCUT2D eigenvalue weighted by Crippen LogP contribution is -2.43. The van der Waals surface area contributed by atoms with E-state index in [1.54, 1.807) is 40.3 Å². The second-order valence-corrected chi connectivity index (χ2v) is 7.15. The first-order valence-electron chi connectivity index (χ1n) is 9.43. The summed E-state index contributed by atoms with van der Waals surface area (Å²) in [6.45, 7) is 0.306. The number of aromatic nitrogens is 5. The van der Waals surface area contributed by atoms with E-state index in [1.807, 2.05) is 30.3 Å². The highest BCUT2D eigenvalue weighted by Gasteiger charge is 2.35. The number of rotatable bonds is 3.